The van der Waals surface area contributed by atoms with Crippen molar-refractivity contribution in [3.63, 3.8) is 0 Å². The third kappa shape index (κ3) is 5.39. The number of amidine groups is 2. The van der Waals surface area contributed by atoms with E-state index >= 15 is 0 Å². The Kier molecular flexibility index (Phi) is 7.17. The first-order valence-corrected chi connectivity index (χ1v) is 16.5. The average molecular weight is 630 g/mol. The summed E-state index contributed by atoms with van der Waals surface area (Å²) >= 11 is 0. The van der Waals surface area contributed by atoms with Crippen LogP contribution in [-0.4, -0.2) is 11.7 Å². The molecule has 0 radical (unpaired) electrons. The fourth-order valence-corrected chi connectivity index (χ4v) is 6.76. The Morgan fingerprint density at radius 3 is 1.67 bits per heavy atom. The van der Waals surface area contributed by atoms with E-state index in [2.05, 4.69) is 145 Å². The van der Waals surface area contributed by atoms with Crippen LogP contribution in [0.4, 0.5) is 0 Å². The van der Waals surface area contributed by atoms with Crippen LogP contribution in [0.2, 0.25) is 0 Å². The third-order valence-corrected chi connectivity index (χ3v) is 9.13. The fourth-order valence-electron chi connectivity index (χ4n) is 6.76. The van der Waals surface area contributed by atoms with Gasteiger partial charge in [0.05, 0.1) is 5.56 Å². The minimum Gasteiger partial charge on any atom is -0.455 e. The van der Waals surface area contributed by atoms with Gasteiger partial charge in [-0.15, -0.1) is 0 Å². The minimum atomic E-state index is -0.295. The Labute approximate surface area is 284 Å². The molecule has 1 atom stereocenters. The van der Waals surface area contributed by atoms with E-state index < -0.39 is 0 Å². The number of furan rings is 1. The van der Waals surface area contributed by atoms with E-state index in [1.54, 1.807) is 0 Å². The van der Waals surface area contributed by atoms with E-state index in [1.807, 2.05) is 36.4 Å². The van der Waals surface area contributed by atoms with Crippen LogP contribution in [0, 0.1) is 0 Å². The van der Waals surface area contributed by atoms with Gasteiger partial charge in [-0.2, -0.15) is 0 Å². The second-order valence-electron chi connectivity index (χ2n) is 12.2. The molecule has 0 amide bonds. The molecule has 7 aromatic carbocycles. The third-order valence-electron chi connectivity index (χ3n) is 9.13. The average Bonchev–Trinajstić information content (AvgIpc) is 3.58. The molecule has 0 saturated heterocycles. The highest BCUT2D eigenvalue weighted by Crippen LogP contribution is 2.41. The number of nitrogens with zero attached hydrogens (tertiary/aromatic N) is 2. The van der Waals surface area contributed by atoms with Gasteiger partial charge in [-0.1, -0.05) is 146 Å². The fraction of sp³-hybridized carbons (Fsp3) is 0.0222. The number of nitrogens with one attached hydrogen (secondary N) is 1. The van der Waals surface area contributed by atoms with Crippen molar-refractivity contribution in [3.8, 4) is 33.4 Å². The van der Waals surface area contributed by atoms with Crippen LogP contribution in [0.15, 0.2) is 190 Å². The molecule has 2 heterocycles. The van der Waals surface area contributed by atoms with Gasteiger partial charge in [0.1, 0.15) is 23.2 Å². The van der Waals surface area contributed by atoms with Gasteiger partial charge in [0.2, 0.25) is 0 Å². The van der Waals surface area contributed by atoms with Gasteiger partial charge < -0.3 is 9.73 Å². The Bertz CT molecular complexity index is 2440. The Hall–Kier alpha value is -6.52. The maximum absolute atomic E-state index is 6.75. The predicted octanol–water partition coefficient (Wildman–Crippen LogP) is 11.1. The monoisotopic (exact) mass is 629 g/mol. The SMILES string of the molecule is c1ccc(C2=NC(c3ccccc3)NC(c3cccc4c3oc3cccc(-c5cc(-c6ccccc6)cc(-c6ccccc6)c5)c34)=N2)cc1. The van der Waals surface area contributed by atoms with Crippen molar-refractivity contribution < 1.29 is 4.42 Å². The lowest BCUT2D eigenvalue weighted by Gasteiger charge is -2.23. The summed E-state index contributed by atoms with van der Waals surface area (Å²) in [4.78, 5) is 10.1. The highest BCUT2D eigenvalue weighted by molar-refractivity contribution is 6.21. The number of fused-ring (bicyclic) bond motifs is 3. The summed E-state index contributed by atoms with van der Waals surface area (Å²) in [5.41, 5.74) is 11.5. The second kappa shape index (κ2) is 12.3. The van der Waals surface area contributed by atoms with Crippen LogP contribution < -0.4 is 5.32 Å². The Morgan fingerprint density at radius 2 is 1.02 bits per heavy atom. The number of aliphatic imine (C=N–C) groups is 2. The molecule has 0 bridgehead atoms. The summed E-state index contributed by atoms with van der Waals surface area (Å²) in [6.45, 7) is 0. The number of rotatable bonds is 6. The summed E-state index contributed by atoms with van der Waals surface area (Å²) in [7, 11) is 0. The highest BCUT2D eigenvalue weighted by atomic mass is 16.3. The largest absolute Gasteiger partial charge is 0.455 e. The molecular weight excluding hydrogens is 599 g/mol. The number of hydrogen-bond donors (Lipinski definition) is 1. The van der Waals surface area contributed by atoms with Crippen LogP contribution in [0.25, 0.3) is 55.3 Å². The molecule has 4 heteroatoms. The molecule has 1 aromatic heterocycles. The molecule has 0 fully saturated rings. The van der Waals surface area contributed by atoms with Crippen molar-refractivity contribution in [3.05, 3.63) is 193 Å². The van der Waals surface area contributed by atoms with E-state index in [0.29, 0.717) is 5.84 Å². The van der Waals surface area contributed by atoms with Gasteiger partial charge >= 0.3 is 0 Å². The zero-order chi connectivity index (χ0) is 32.6. The first kappa shape index (κ1) is 28.7. The van der Waals surface area contributed by atoms with E-state index in [-0.39, 0.29) is 6.17 Å². The lowest BCUT2D eigenvalue weighted by Crippen LogP contribution is -2.33. The smallest absolute Gasteiger partial charge is 0.159 e. The van der Waals surface area contributed by atoms with Crippen molar-refractivity contribution >= 4 is 33.6 Å². The van der Waals surface area contributed by atoms with Gasteiger partial charge in [-0.05, 0) is 69.3 Å². The lowest BCUT2D eigenvalue weighted by molar-refractivity contribution is 0.659. The predicted molar refractivity (Wildman–Crippen MR) is 202 cm³/mol. The zero-order valence-corrected chi connectivity index (χ0v) is 26.6. The molecule has 49 heavy (non-hydrogen) atoms. The molecule has 9 rings (SSSR count). The van der Waals surface area contributed by atoms with E-state index in [4.69, 9.17) is 14.4 Å². The molecular formula is C45H31N3O. The second-order valence-corrected chi connectivity index (χ2v) is 12.2. The highest BCUT2D eigenvalue weighted by Gasteiger charge is 2.24. The van der Waals surface area contributed by atoms with E-state index in [0.717, 1.165) is 55.6 Å². The van der Waals surface area contributed by atoms with Crippen molar-refractivity contribution in [1.82, 2.24) is 5.32 Å². The maximum atomic E-state index is 6.75. The van der Waals surface area contributed by atoms with Crippen molar-refractivity contribution in [1.29, 1.82) is 0 Å². The van der Waals surface area contributed by atoms with Crippen LogP contribution >= 0.6 is 0 Å². The number of benzene rings is 7. The van der Waals surface area contributed by atoms with Crippen LogP contribution in [0.5, 0.6) is 0 Å². The van der Waals surface area contributed by atoms with Gasteiger partial charge in [0.25, 0.3) is 0 Å². The minimum absolute atomic E-state index is 0.295. The Balaban J connectivity index is 1.22. The van der Waals surface area contributed by atoms with Crippen molar-refractivity contribution in [2.45, 2.75) is 6.17 Å². The Morgan fingerprint density at radius 1 is 0.469 bits per heavy atom. The number of para-hydroxylation sites is 1. The van der Waals surface area contributed by atoms with Gasteiger partial charge in [0, 0.05) is 16.3 Å². The van der Waals surface area contributed by atoms with E-state index in [1.165, 1.54) is 22.3 Å². The first-order valence-electron chi connectivity index (χ1n) is 16.5. The van der Waals surface area contributed by atoms with Gasteiger partial charge in [-0.3, -0.25) is 0 Å². The summed E-state index contributed by atoms with van der Waals surface area (Å²) in [5, 5.41) is 5.74. The summed E-state index contributed by atoms with van der Waals surface area (Å²) in [6.07, 6.45) is -0.295. The molecule has 8 aromatic rings. The topological polar surface area (TPSA) is 49.9 Å². The molecule has 1 unspecified atom stereocenters. The quantitative estimate of drug-likeness (QED) is 0.199. The van der Waals surface area contributed by atoms with Crippen molar-refractivity contribution in [2.75, 3.05) is 0 Å². The van der Waals surface area contributed by atoms with Crippen molar-refractivity contribution in [2.24, 2.45) is 9.98 Å². The molecule has 1 N–H and O–H groups in total. The molecule has 4 nitrogen and oxygen atoms in total. The van der Waals surface area contributed by atoms with Crippen LogP contribution in [-0.2, 0) is 0 Å². The molecule has 0 spiro atoms. The maximum Gasteiger partial charge on any atom is 0.159 e. The van der Waals surface area contributed by atoms with Gasteiger partial charge in [-0.25, -0.2) is 9.98 Å². The molecule has 1 aliphatic heterocycles. The zero-order valence-electron chi connectivity index (χ0n) is 26.6. The molecule has 0 saturated carbocycles. The van der Waals surface area contributed by atoms with Crippen LogP contribution in [0.3, 0.4) is 0 Å². The summed E-state index contributed by atoms with van der Waals surface area (Å²) in [5.74, 6) is 1.41. The lowest BCUT2D eigenvalue weighted by atomic mass is 9.91. The normalized spacial score (nSPS) is 14.3. The number of hydrogen-bond acceptors (Lipinski definition) is 4. The summed E-state index contributed by atoms with van der Waals surface area (Å²) in [6, 6.07) is 61.1. The van der Waals surface area contributed by atoms with Gasteiger partial charge in [0.15, 0.2) is 5.84 Å². The van der Waals surface area contributed by atoms with Crippen LogP contribution in [0.1, 0.15) is 22.9 Å². The standard InChI is InChI=1S/C45H31N3O/c1-5-15-30(16-6-1)34-27-35(31-17-7-2-8-18-31)29-36(28-34)37-23-14-26-40-41(37)38-24-13-25-39(42(38)49-40)45-47-43(32-19-9-3-10-20-32)46-44(48-45)33-21-11-4-12-22-33/h1-29,43H,(H,46,47,48). The molecule has 0 aliphatic carbocycles. The first-order chi connectivity index (χ1) is 24.3. The molecule has 1 aliphatic rings. The van der Waals surface area contributed by atoms with E-state index in [9.17, 15) is 0 Å². The summed E-state index contributed by atoms with van der Waals surface area (Å²) < 4.78 is 6.75. The molecule has 232 valence electrons.